The quantitative estimate of drug-likeness (QED) is 0.645. The Balaban J connectivity index is 1.77. The number of amides is 1. The molecule has 0 spiro atoms. The summed E-state index contributed by atoms with van der Waals surface area (Å²) >= 11 is 7.55. The van der Waals surface area contributed by atoms with Crippen molar-refractivity contribution < 1.29 is 9.32 Å². The molecule has 2 aromatic heterocycles. The lowest BCUT2D eigenvalue weighted by molar-refractivity contribution is 0.102. The van der Waals surface area contributed by atoms with Gasteiger partial charge in [0.1, 0.15) is 10.8 Å². The van der Waals surface area contributed by atoms with Crippen LogP contribution in [0.1, 0.15) is 27.4 Å². The highest BCUT2D eigenvalue weighted by atomic mass is 35.5. The summed E-state index contributed by atoms with van der Waals surface area (Å²) in [5.74, 6) is 1.11. The van der Waals surface area contributed by atoms with E-state index in [2.05, 4.69) is 15.5 Å². The van der Waals surface area contributed by atoms with Gasteiger partial charge in [-0.2, -0.15) is 0 Å². The van der Waals surface area contributed by atoms with Crippen molar-refractivity contribution in [1.82, 2.24) is 10.1 Å². The molecular weight excluding hydrogens is 358 g/mol. The summed E-state index contributed by atoms with van der Waals surface area (Å²) in [7, 11) is 0. The van der Waals surface area contributed by atoms with Crippen LogP contribution in [0.3, 0.4) is 0 Å². The molecule has 0 fully saturated rings. The number of benzene rings is 1. The van der Waals surface area contributed by atoms with Crippen LogP contribution in [0.25, 0.3) is 0 Å². The highest BCUT2D eigenvalue weighted by Crippen LogP contribution is 2.27. The van der Waals surface area contributed by atoms with E-state index >= 15 is 0 Å². The zero-order valence-corrected chi connectivity index (χ0v) is 15.3. The molecule has 1 N–H and O–H groups in total. The van der Waals surface area contributed by atoms with E-state index in [1.807, 2.05) is 26.0 Å². The third-order valence-electron chi connectivity index (χ3n) is 3.57. The third kappa shape index (κ3) is 4.21. The first-order valence-corrected chi connectivity index (χ1v) is 8.97. The Morgan fingerprint density at radius 1 is 1.28 bits per heavy atom. The number of aromatic nitrogens is 2. The molecule has 2 heterocycles. The summed E-state index contributed by atoms with van der Waals surface area (Å²) in [6.07, 6.45) is 1.66. The van der Waals surface area contributed by atoms with Gasteiger partial charge in [0.15, 0.2) is 0 Å². The van der Waals surface area contributed by atoms with Gasteiger partial charge in [-0.15, -0.1) is 0 Å². The number of anilines is 1. The first-order chi connectivity index (χ1) is 12.0. The number of nitrogens with one attached hydrogen (secondary N) is 1. The normalized spacial score (nSPS) is 10.7. The average molecular weight is 374 g/mol. The Labute approximate surface area is 154 Å². The van der Waals surface area contributed by atoms with Crippen LogP contribution in [0.15, 0.2) is 52.1 Å². The summed E-state index contributed by atoms with van der Waals surface area (Å²) in [6.45, 7) is 3.71. The van der Waals surface area contributed by atoms with Gasteiger partial charge in [-0.25, -0.2) is 4.98 Å². The van der Waals surface area contributed by atoms with Crippen LogP contribution in [-0.4, -0.2) is 16.0 Å². The number of pyridine rings is 1. The SMILES string of the molecule is Cc1cc(CSc2ncccc2C(=O)Nc2cccc(Cl)c2C)no1. The molecule has 7 heteroatoms. The summed E-state index contributed by atoms with van der Waals surface area (Å²) in [5, 5.41) is 8.11. The number of aryl methyl sites for hydroxylation is 1. The van der Waals surface area contributed by atoms with Crippen molar-refractivity contribution in [2.45, 2.75) is 24.6 Å². The Bertz CT molecular complexity index is 911. The zero-order chi connectivity index (χ0) is 17.8. The highest BCUT2D eigenvalue weighted by molar-refractivity contribution is 7.98. The molecule has 3 rings (SSSR count). The summed E-state index contributed by atoms with van der Waals surface area (Å²) < 4.78 is 5.06. The average Bonchev–Trinajstić information content (AvgIpc) is 3.03. The maximum Gasteiger partial charge on any atom is 0.258 e. The predicted molar refractivity (Wildman–Crippen MR) is 99.2 cm³/mol. The topological polar surface area (TPSA) is 68.0 Å². The summed E-state index contributed by atoms with van der Waals surface area (Å²) in [6, 6.07) is 10.8. The molecule has 128 valence electrons. The lowest BCUT2D eigenvalue weighted by atomic mass is 10.2. The van der Waals surface area contributed by atoms with Crippen molar-refractivity contribution in [1.29, 1.82) is 0 Å². The highest BCUT2D eigenvalue weighted by Gasteiger charge is 2.15. The first-order valence-electron chi connectivity index (χ1n) is 7.61. The molecule has 0 unspecified atom stereocenters. The number of nitrogens with zero attached hydrogens (tertiary/aromatic N) is 2. The van der Waals surface area contributed by atoms with E-state index in [-0.39, 0.29) is 5.91 Å². The molecule has 0 aliphatic carbocycles. The van der Waals surface area contributed by atoms with Crippen molar-refractivity contribution in [2.75, 3.05) is 5.32 Å². The van der Waals surface area contributed by atoms with Crippen molar-refractivity contribution in [3.8, 4) is 0 Å². The molecule has 1 aromatic carbocycles. The Hall–Kier alpha value is -2.31. The van der Waals surface area contributed by atoms with Gasteiger partial charge in [0.05, 0.1) is 11.3 Å². The second-order valence-electron chi connectivity index (χ2n) is 5.44. The molecule has 3 aromatic rings. The van der Waals surface area contributed by atoms with Gasteiger partial charge in [0, 0.05) is 28.7 Å². The molecule has 1 amide bonds. The van der Waals surface area contributed by atoms with Crippen LogP contribution >= 0.6 is 23.4 Å². The second-order valence-corrected chi connectivity index (χ2v) is 6.81. The van der Waals surface area contributed by atoms with E-state index in [4.69, 9.17) is 16.1 Å². The molecular formula is C18H16ClN3O2S. The molecule has 0 saturated heterocycles. The maximum absolute atomic E-state index is 12.7. The standard InChI is InChI=1S/C18H16ClN3O2S/c1-11-9-13(22-24-11)10-25-18-14(5-4-8-20-18)17(23)21-16-7-3-6-15(19)12(16)2/h3-9H,10H2,1-2H3,(H,21,23). The largest absolute Gasteiger partial charge is 0.361 e. The fourth-order valence-electron chi connectivity index (χ4n) is 2.24. The molecule has 0 bridgehead atoms. The van der Waals surface area contributed by atoms with Gasteiger partial charge in [0.2, 0.25) is 0 Å². The maximum atomic E-state index is 12.7. The van der Waals surface area contributed by atoms with Crippen LogP contribution in [0.5, 0.6) is 0 Å². The lowest BCUT2D eigenvalue weighted by Gasteiger charge is -2.11. The summed E-state index contributed by atoms with van der Waals surface area (Å²) in [4.78, 5) is 17.0. The number of carbonyl (C=O) groups excluding carboxylic acids is 1. The van der Waals surface area contributed by atoms with Gasteiger partial charge < -0.3 is 9.84 Å². The van der Waals surface area contributed by atoms with Gasteiger partial charge in [0.25, 0.3) is 5.91 Å². The molecule has 0 saturated carbocycles. The van der Waals surface area contributed by atoms with E-state index in [0.29, 0.717) is 27.1 Å². The number of halogens is 1. The number of hydrogen-bond donors (Lipinski definition) is 1. The van der Waals surface area contributed by atoms with Gasteiger partial charge in [-0.05, 0) is 43.7 Å². The van der Waals surface area contributed by atoms with Gasteiger partial charge in [-0.1, -0.05) is 34.6 Å². The molecule has 5 nitrogen and oxygen atoms in total. The van der Waals surface area contributed by atoms with E-state index in [0.717, 1.165) is 17.0 Å². The lowest BCUT2D eigenvalue weighted by Crippen LogP contribution is -2.14. The fourth-order valence-corrected chi connectivity index (χ4v) is 3.29. The number of thioether (sulfide) groups is 1. The second kappa shape index (κ2) is 7.72. The van der Waals surface area contributed by atoms with Crippen molar-refractivity contribution >= 4 is 35.0 Å². The van der Waals surface area contributed by atoms with Crippen LogP contribution < -0.4 is 5.32 Å². The molecule has 0 atom stereocenters. The number of hydrogen-bond acceptors (Lipinski definition) is 5. The molecule has 0 radical (unpaired) electrons. The van der Waals surface area contributed by atoms with Crippen molar-refractivity contribution in [3.05, 3.63) is 70.2 Å². The van der Waals surface area contributed by atoms with Crippen LogP contribution in [0.4, 0.5) is 5.69 Å². The Kier molecular flexibility index (Phi) is 5.40. The van der Waals surface area contributed by atoms with Crippen LogP contribution in [0.2, 0.25) is 5.02 Å². The van der Waals surface area contributed by atoms with Crippen molar-refractivity contribution in [2.24, 2.45) is 0 Å². The van der Waals surface area contributed by atoms with Crippen molar-refractivity contribution in [3.63, 3.8) is 0 Å². The van der Waals surface area contributed by atoms with E-state index in [1.165, 1.54) is 11.8 Å². The number of rotatable bonds is 5. The zero-order valence-electron chi connectivity index (χ0n) is 13.7. The molecule has 25 heavy (non-hydrogen) atoms. The fraction of sp³-hybridized carbons (Fsp3) is 0.167. The number of carbonyl (C=O) groups is 1. The van der Waals surface area contributed by atoms with E-state index in [9.17, 15) is 4.79 Å². The minimum absolute atomic E-state index is 0.225. The molecule has 0 aliphatic rings. The van der Waals surface area contributed by atoms with Crippen LogP contribution in [0, 0.1) is 13.8 Å². The van der Waals surface area contributed by atoms with E-state index < -0.39 is 0 Å². The third-order valence-corrected chi connectivity index (χ3v) is 5.01. The Morgan fingerprint density at radius 2 is 2.12 bits per heavy atom. The minimum Gasteiger partial charge on any atom is -0.361 e. The predicted octanol–water partition coefficient (Wildman–Crippen LogP) is 4.88. The monoisotopic (exact) mass is 373 g/mol. The van der Waals surface area contributed by atoms with Gasteiger partial charge in [-0.3, -0.25) is 4.79 Å². The Morgan fingerprint density at radius 3 is 2.88 bits per heavy atom. The van der Waals surface area contributed by atoms with Gasteiger partial charge >= 0.3 is 0 Å². The van der Waals surface area contributed by atoms with Crippen LogP contribution in [-0.2, 0) is 5.75 Å². The minimum atomic E-state index is -0.225. The smallest absolute Gasteiger partial charge is 0.258 e. The first kappa shape index (κ1) is 17.5. The van der Waals surface area contributed by atoms with E-state index in [1.54, 1.807) is 30.5 Å². The summed E-state index contributed by atoms with van der Waals surface area (Å²) in [5.41, 5.74) is 2.83. The molecule has 0 aliphatic heterocycles.